The maximum atomic E-state index is 12.5. The summed E-state index contributed by atoms with van der Waals surface area (Å²) in [6.45, 7) is 6.12. The average Bonchev–Trinajstić information content (AvgIpc) is 2.94. The Morgan fingerprint density at radius 2 is 1.69 bits per heavy atom. The monoisotopic (exact) mass is 374 g/mol. The van der Waals surface area contributed by atoms with Crippen molar-refractivity contribution in [3.63, 3.8) is 0 Å². The maximum absolute atomic E-state index is 12.5. The molecule has 0 atom stereocenters. The molecule has 1 aromatic heterocycles. The molecule has 6 nitrogen and oxygen atoms in total. The number of nitrogens with zero attached hydrogens (tertiary/aromatic N) is 2. The average molecular weight is 375 g/mol. The summed E-state index contributed by atoms with van der Waals surface area (Å²) >= 11 is 5.85. The Bertz CT molecular complexity index is 792. The molecule has 0 aliphatic carbocycles. The van der Waals surface area contributed by atoms with Gasteiger partial charge in [0.2, 0.25) is 5.91 Å². The minimum Gasteiger partial charge on any atom is -0.362 e. The van der Waals surface area contributed by atoms with Crippen LogP contribution in [0.1, 0.15) is 17.0 Å². The van der Waals surface area contributed by atoms with Crippen molar-refractivity contribution in [1.82, 2.24) is 14.8 Å². The number of piperazine rings is 1. The molecule has 1 saturated heterocycles. The van der Waals surface area contributed by atoms with Crippen LogP contribution in [0.4, 0.5) is 10.5 Å². The number of aromatic amines is 1. The van der Waals surface area contributed by atoms with Gasteiger partial charge in [0.15, 0.2) is 0 Å². The Balaban J connectivity index is 1.50. The summed E-state index contributed by atoms with van der Waals surface area (Å²) in [4.78, 5) is 31.6. The predicted octanol–water partition coefficient (Wildman–Crippen LogP) is 3.20. The van der Waals surface area contributed by atoms with E-state index in [4.69, 9.17) is 11.6 Å². The van der Waals surface area contributed by atoms with Gasteiger partial charge in [-0.1, -0.05) is 11.6 Å². The Hall–Kier alpha value is -2.47. The van der Waals surface area contributed by atoms with Gasteiger partial charge in [0.25, 0.3) is 0 Å². The fourth-order valence-electron chi connectivity index (χ4n) is 3.13. The summed E-state index contributed by atoms with van der Waals surface area (Å²) in [7, 11) is 0. The van der Waals surface area contributed by atoms with E-state index in [-0.39, 0.29) is 11.9 Å². The Kier molecular flexibility index (Phi) is 5.52. The van der Waals surface area contributed by atoms with Gasteiger partial charge in [-0.05, 0) is 49.7 Å². The van der Waals surface area contributed by atoms with Crippen molar-refractivity contribution in [1.29, 1.82) is 0 Å². The van der Waals surface area contributed by atoms with Crippen molar-refractivity contribution in [2.45, 2.75) is 20.3 Å². The number of amides is 3. The minimum atomic E-state index is -0.156. The number of anilines is 1. The number of halogens is 1. The molecule has 1 aliphatic heterocycles. The van der Waals surface area contributed by atoms with Gasteiger partial charge in [-0.15, -0.1) is 0 Å². The summed E-state index contributed by atoms with van der Waals surface area (Å²) in [6.07, 6.45) is 0.396. The van der Waals surface area contributed by atoms with E-state index in [1.165, 1.54) is 0 Å². The first-order chi connectivity index (χ1) is 12.4. The van der Waals surface area contributed by atoms with Crippen LogP contribution in [0, 0.1) is 13.8 Å². The van der Waals surface area contributed by atoms with Crippen LogP contribution >= 0.6 is 11.6 Å². The van der Waals surface area contributed by atoms with Gasteiger partial charge in [-0.25, -0.2) is 4.79 Å². The zero-order chi connectivity index (χ0) is 18.7. The minimum absolute atomic E-state index is 0.102. The van der Waals surface area contributed by atoms with Crippen LogP contribution in [0.5, 0.6) is 0 Å². The van der Waals surface area contributed by atoms with Crippen LogP contribution < -0.4 is 5.32 Å². The van der Waals surface area contributed by atoms with Crippen molar-refractivity contribution in [3.05, 3.63) is 52.3 Å². The molecule has 1 aliphatic rings. The van der Waals surface area contributed by atoms with Crippen molar-refractivity contribution < 1.29 is 9.59 Å². The molecule has 3 rings (SSSR count). The highest BCUT2D eigenvalue weighted by Crippen LogP contribution is 2.15. The van der Waals surface area contributed by atoms with Crippen molar-refractivity contribution in [2.24, 2.45) is 0 Å². The highest BCUT2D eigenvalue weighted by atomic mass is 35.5. The Morgan fingerprint density at radius 1 is 1.08 bits per heavy atom. The van der Waals surface area contributed by atoms with Gasteiger partial charge < -0.3 is 20.1 Å². The van der Waals surface area contributed by atoms with Crippen LogP contribution in [0.3, 0.4) is 0 Å². The Labute approximate surface area is 158 Å². The number of urea groups is 1. The summed E-state index contributed by atoms with van der Waals surface area (Å²) in [6, 6.07) is 8.86. The van der Waals surface area contributed by atoms with Crippen LogP contribution in [-0.4, -0.2) is 52.9 Å². The van der Waals surface area contributed by atoms with E-state index in [1.807, 2.05) is 24.8 Å². The standard InChI is InChI=1S/C19H23ClN4O2/c1-13-11-15(14(2)21-13)12-18(25)23-7-9-24(10-8-23)19(26)22-17-5-3-16(20)4-6-17/h3-6,11,21H,7-10,12H2,1-2H3,(H,22,26). The molecular weight excluding hydrogens is 352 g/mol. The molecule has 0 saturated carbocycles. The summed E-state index contributed by atoms with van der Waals surface area (Å²) in [5.74, 6) is 0.102. The summed E-state index contributed by atoms with van der Waals surface area (Å²) in [5.41, 5.74) is 3.84. The number of H-pyrrole nitrogens is 1. The van der Waals surface area contributed by atoms with E-state index in [1.54, 1.807) is 29.2 Å². The molecular formula is C19H23ClN4O2. The number of aryl methyl sites for hydroxylation is 2. The maximum Gasteiger partial charge on any atom is 0.321 e. The molecule has 3 amide bonds. The lowest BCUT2D eigenvalue weighted by Gasteiger charge is -2.34. The van der Waals surface area contributed by atoms with E-state index in [9.17, 15) is 9.59 Å². The smallest absolute Gasteiger partial charge is 0.321 e. The van der Waals surface area contributed by atoms with Crippen LogP contribution in [0.25, 0.3) is 0 Å². The molecule has 1 aromatic carbocycles. The van der Waals surface area contributed by atoms with E-state index in [0.29, 0.717) is 43.3 Å². The largest absolute Gasteiger partial charge is 0.362 e. The van der Waals surface area contributed by atoms with Crippen molar-refractivity contribution in [2.75, 3.05) is 31.5 Å². The number of hydrogen-bond acceptors (Lipinski definition) is 2. The number of rotatable bonds is 3. The van der Waals surface area contributed by atoms with Crippen LogP contribution in [0.2, 0.25) is 5.02 Å². The topological polar surface area (TPSA) is 68.4 Å². The molecule has 2 N–H and O–H groups in total. The second-order valence-corrected chi connectivity index (χ2v) is 7.02. The first-order valence-corrected chi connectivity index (χ1v) is 9.04. The van der Waals surface area contributed by atoms with E-state index in [0.717, 1.165) is 17.0 Å². The third kappa shape index (κ3) is 4.38. The third-order valence-corrected chi connectivity index (χ3v) is 4.87. The van der Waals surface area contributed by atoms with E-state index < -0.39 is 0 Å². The molecule has 0 unspecified atom stereocenters. The predicted molar refractivity (Wildman–Crippen MR) is 103 cm³/mol. The SMILES string of the molecule is Cc1cc(CC(=O)N2CCN(C(=O)Nc3ccc(Cl)cc3)CC2)c(C)[nH]1. The zero-order valence-corrected chi connectivity index (χ0v) is 15.8. The molecule has 0 radical (unpaired) electrons. The number of aromatic nitrogens is 1. The second kappa shape index (κ2) is 7.83. The van der Waals surface area contributed by atoms with Crippen molar-refractivity contribution >= 4 is 29.2 Å². The number of hydrogen-bond donors (Lipinski definition) is 2. The third-order valence-electron chi connectivity index (χ3n) is 4.61. The van der Waals surface area contributed by atoms with E-state index >= 15 is 0 Å². The lowest BCUT2D eigenvalue weighted by molar-refractivity contribution is -0.131. The lowest BCUT2D eigenvalue weighted by Crippen LogP contribution is -2.52. The quantitative estimate of drug-likeness (QED) is 0.866. The fraction of sp³-hybridized carbons (Fsp3) is 0.368. The molecule has 1 fully saturated rings. The van der Waals surface area contributed by atoms with E-state index in [2.05, 4.69) is 10.3 Å². The molecule has 138 valence electrons. The van der Waals surface area contributed by atoms with Gasteiger partial charge >= 0.3 is 6.03 Å². The highest BCUT2D eigenvalue weighted by molar-refractivity contribution is 6.30. The second-order valence-electron chi connectivity index (χ2n) is 6.58. The first-order valence-electron chi connectivity index (χ1n) is 8.67. The van der Waals surface area contributed by atoms with Crippen molar-refractivity contribution in [3.8, 4) is 0 Å². The molecule has 7 heteroatoms. The lowest BCUT2D eigenvalue weighted by atomic mass is 10.1. The van der Waals surface area contributed by atoms with Crippen LogP contribution in [0.15, 0.2) is 30.3 Å². The van der Waals surface area contributed by atoms with Crippen LogP contribution in [-0.2, 0) is 11.2 Å². The number of benzene rings is 1. The first kappa shape index (κ1) is 18.3. The molecule has 0 bridgehead atoms. The molecule has 2 heterocycles. The van der Waals surface area contributed by atoms with Gasteiger partial charge in [-0.3, -0.25) is 4.79 Å². The highest BCUT2D eigenvalue weighted by Gasteiger charge is 2.24. The Morgan fingerprint density at radius 3 is 2.27 bits per heavy atom. The molecule has 2 aromatic rings. The fourth-order valence-corrected chi connectivity index (χ4v) is 3.26. The summed E-state index contributed by atoms with van der Waals surface area (Å²) in [5, 5.41) is 3.48. The molecule has 26 heavy (non-hydrogen) atoms. The normalized spacial score (nSPS) is 14.4. The number of nitrogens with one attached hydrogen (secondary N) is 2. The van der Waals surface area contributed by atoms with Gasteiger partial charge in [0.05, 0.1) is 6.42 Å². The zero-order valence-electron chi connectivity index (χ0n) is 15.0. The van der Waals surface area contributed by atoms with Gasteiger partial charge in [-0.2, -0.15) is 0 Å². The van der Waals surface area contributed by atoms with Gasteiger partial charge in [0.1, 0.15) is 0 Å². The van der Waals surface area contributed by atoms with Gasteiger partial charge in [0, 0.05) is 48.3 Å². The number of carbonyl (C=O) groups excluding carboxylic acids is 2. The molecule has 0 spiro atoms. The number of carbonyl (C=O) groups is 2. The summed E-state index contributed by atoms with van der Waals surface area (Å²) < 4.78 is 0.